The monoisotopic (exact) mass is 396 g/mol. The predicted octanol–water partition coefficient (Wildman–Crippen LogP) is 3.62. The van der Waals surface area contributed by atoms with E-state index in [1.807, 2.05) is 0 Å². The Morgan fingerprint density at radius 2 is 1.96 bits per heavy atom. The zero-order valence-electron chi connectivity index (χ0n) is 15.4. The van der Waals surface area contributed by atoms with Crippen LogP contribution in [0.5, 0.6) is 0 Å². The van der Waals surface area contributed by atoms with E-state index in [0.29, 0.717) is 0 Å². The molecular formula is C18H19F3N4O3. The van der Waals surface area contributed by atoms with Crippen molar-refractivity contribution in [3.63, 3.8) is 0 Å². The molecule has 2 aromatic rings. The van der Waals surface area contributed by atoms with Crippen LogP contribution in [0, 0.1) is 24.0 Å². The van der Waals surface area contributed by atoms with Crippen molar-refractivity contribution in [1.29, 1.82) is 0 Å². The van der Waals surface area contributed by atoms with Crippen molar-refractivity contribution in [3.8, 4) is 0 Å². The molecule has 1 aliphatic rings. The number of halogens is 3. The number of nitro groups is 1. The summed E-state index contributed by atoms with van der Waals surface area (Å²) in [7, 11) is 0. The highest BCUT2D eigenvalue weighted by Crippen LogP contribution is 2.35. The van der Waals surface area contributed by atoms with E-state index in [2.05, 4.69) is 5.10 Å². The molecule has 3 rings (SSSR count). The summed E-state index contributed by atoms with van der Waals surface area (Å²) in [5.41, 5.74) is -0.476. The molecule has 10 heteroatoms. The van der Waals surface area contributed by atoms with Crippen LogP contribution in [0.4, 0.5) is 18.9 Å². The van der Waals surface area contributed by atoms with Gasteiger partial charge in [0.2, 0.25) is 5.91 Å². The van der Waals surface area contributed by atoms with Crippen molar-refractivity contribution in [3.05, 3.63) is 56.9 Å². The van der Waals surface area contributed by atoms with Gasteiger partial charge in [-0.1, -0.05) is 18.2 Å². The molecule has 0 N–H and O–H groups in total. The first-order chi connectivity index (χ1) is 13.1. The maximum atomic E-state index is 13.3. The second-order valence-electron chi connectivity index (χ2n) is 6.84. The number of carbonyl (C=O) groups is 1. The number of rotatable bonds is 6. The Labute approximate surface area is 158 Å². The van der Waals surface area contributed by atoms with E-state index < -0.39 is 22.6 Å². The van der Waals surface area contributed by atoms with Crippen molar-refractivity contribution in [2.24, 2.45) is 0 Å². The van der Waals surface area contributed by atoms with Crippen molar-refractivity contribution >= 4 is 11.6 Å². The summed E-state index contributed by atoms with van der Waals surface area (Å²) in [6.45, 7) is 2.54. The van der Waals surface area contributed by atoms with Crippen molar-refractivity contribution in [2.45, 2.75) is 52.0 Å². The van der Waals surface area contributed by atoms with Crippen LogP contribution in [0.2, 0.25) is 0 Å². The number of aromatic nitrogens is 2. The second kappa shape index (κ2) is 7.25. The van der Waals surface area contributed by atoms with Gasteiger partial charge in [0.15, 0.2) is 0 Å². The Kier molecular flexibility index (Phi) is 5.14. The molecule has 1 aliphatic carbocycles. The fraction of sp³-hybridized carbons (Fsp3) is 0.444. The number of carbonyl (C=O) groups excluding carboxylic acids is 1. The average Bonchev–Trinajstić information content (AvgIpc) is 3.38. The molecular weight excluding hydrogens is 377 g/mol. The fourth-order valence-corrected chi connectivity index (χ4v) is 3.25. The van der Waals surface area contributed by atoms with E-state index in [-0.39, 0.29) is 41.8 Å². The van der Waals surface area contributed by atoms with E-state index in [4.69, 9.17) is 0 Å². The molecule has 0 aliphatic heterocycles. The van der Waals surface area contributed by atoms with E-state index in [9.17, 15) is 28.1 Å². The predicted molar refractivity (Wildman–Crippen MR) is 93.4 cm³/mol. The summed E-state index contributed by atoms with van der Waals surface area (Å²) in [6, 6.07) is 5.05. The van der Waals surface area contributed by atoms with Crippen LogP contribution in [-0.4, -0.2) is 31.6 Å². The van der Waals surface area contributed by atoms with Gasteiger partial charge in [-0.05, 0) is 38.3 Å². The van der Waals surface area contributed by atoms with Gasteiger partial charge in [-0.25, -0.2) is 0 Å². The third-order valence-electron chi connectivity index (χ3n) is 4.78. The number of amides is 1. The lowest BCUT2D eigenvalue weighted by Gasteiger charge is -2.24. The normalized spacial score (nSPS) is 14.2. The van der Waals surface area contributed by atoms with Crippen LogP contribution in [0.3, 0.4) is 0 Å². The summed E-state index contributed by atoms with van der Waals surface area (Å²) in [6.07, 6.45) is -3.07. The molecule has 1 fully saturated rings. The van der Waals surface area contributed by atoms with E-state index >= 15 is 0 Å². The molecule has 0 unspecified atom stereocenters. The summed E-state index contributed by atoms with van der Waals surface area (Å²) in [5, 5.41) is 15.2. The maximum absolute atomic E-state index is 13.3. The van der Waals surface area contributed by atoms with Crippen LogP contribution in [0.1, 0.15) is 35.4 Å². The van der Waals surface area contributed by atoms with Crippen LogP contribution in [0.25, 0.3) is 0 Å². The Morgan fingerprint density at radius 1 is 1.32 bits per heavy atom. The third-order valence-corrected chi connectivity index (χ3v) is 4.78. The van der Waals surface area contributed by atoms with Crippen molar-refractivity contribution in [1.82, 2.24) is 14.7 Å². The van der Waals surface area contributed by atoms with Crippen molar-refractivity contribution in [2.75, 3.05) is 0 Å². The standard InChI is InChI=1S/C18H19F3N4O3/c1-11-17(25(27)28)12(2)24(22-11)10-16(26)23(14-7-8-14)9-13-5-3-4-6-15(13)18(19,20)21/h3-6,14H,7-10H2,1-2H3. The average molecular weight is 396 g/mol. The highest BCUT2D eigenvalue weighted by Gasteiger charge is 2.37. The topological polar surface area (TPSA) is 81.3 Å². The lowest BCUT2D eigenvalue weighted by Crippen LogP contribution is -2.36. The molecule has 1 amide bonds. The van der Waals surface area contributed by atoms with Crippen molar-refractivity contribution < 1.29 is 22.9 Å². The minimum Gasteiger partial charge on any atom is -0.334 e. The largest absolute Gasteiger partial charge is 0.416 e. The molecule has 1 heterocycles. The maximum Gasteiger partial charge on any atom is 0.416 e. The van der Waals surface area contributed by atoms with Gasteiger partial charge in [0.05, 0.1) is 10.5 Å². The summed E-state index contributed by atoms with van der Waals surface area (Å²) in [4.78, 5) is 24.8. The Morgan fingerprint density at radius 3 is 2.50 bits per heavy atom. The Balaban J connectivity index is 1.84. The van der Waals surface area contributed by atoms with Gasteiger partial charge >= 0.3 is 11.9 Å². The van der Waals surface area contributed by atoms with Gasteiger partial charge in [-0.3, -0.25) is 19.6 Å². The first-order valence-corrected chi connectivity index (χ1v) is 8.72. The zero-order valence-corrected chi connectivity index (χ0v) is 15.4. The van der Waals surface area contributed by atoms with Gasteiger partial charge in [0, 0.05) is 12.6 Å². The molecule has 0 atom stereocenters. The summed E-state index contributed by atoms with van der Waals surface area (Å²) in [5.74, 6) is -0.417. The Hall–Kier alpha value is -2.91. The van der Waals surface area contributed by atoms with Gasteiger partial charge < -0.3 is 4.90 Å². The van der Waals surface area contributed by atoms with Gasteiger partial charge in [0.1, 0.15) is 17.9 Å². The van der Waals surface area contributed by atoms with E-state index in [1.165, 1.54) is 41.6 Å². The molecule has 0 spiro atoms. The SMILES string of the molecule is Cc1nn(CC(=O)N(Cc2ccccc2C(F)(F)F)C2CC2)c(C)c1[N+](=O)[O-]. The van der Waals surface area contributed by atoms with Crippen LogP contribution < -0.4 is 0 Å². The second-order valence-corrected chi connectivity index (χ2v) is 6.84. The molecule has 0 bridgehead atoms. The number of nitrogens with zero attached hydrogens (tertiary/aromatic N) is 4. The molecule has 28 heavy (non-hydrogen) atoms. The quantitative estimate of drug-likeness (QED) is 0.552. The fourth-order valence-electron chi connectivity index (χ4n) is 3.25. The molecule has 150 valence electrons. The molecule has 0 saturated heterocycles. The van der Waals surface area contributed by atoms with Crippen LogP contribution in [0.15, 0.2) is 24.3 Å². The van der Waals surface area contributed by atoms with E-state index in [0.717, 1.165) is 18.9 Å². The van der Waals surface area contributed by atoms with Gasteiger partial charge in [-0.15, -0.1) is 0 Å². The zero-order chi connectivity index (χ0) is 20.6. The number of hydrogen-bond donors (Lipinski definition) is 0. The highest BCUT2D eigenvalue weighted by atomic mass is 19.4. The first-order valence-electron chi connectivity index (χ1n) is 8.72. The number of alkyl halides is 3. The molecule has 0 radical (unpaired) electrons. The molecule has 1 saturated carbocycles. The van der Waals surface area contributed by atoms with Crippen LogP contribution >= 0.6 is 0 Å². The third kappa shape index (κ3) is 4.00. The van der Waals surface area contributed by atoms with Gasteiger partial charge in [0.25, 0.3) is 0 Å². The van der Waals surface area contributed by atoms with Gasteiger partial charge in [-0.2, -0.15) is 18.3 Å². The molecule has 1 aromatic carbocycles. The summed E-state index contributed by atoms with van der Waals surface area (Å²) >= 11 is 0. The number of benzene rings is 1. The number of aryl methyl sites for hydroxylation is 1. The first kappa shape index (κ1) is 19.8. The summed E-state index contributed by atoms with van der Waals surface area (Å²) < 4.78 is 41.0. The minimum atomic E-state index is -4.51. The molecule has 7 nitrogen and oxygen atoms in total. The molecule has 1 aromatic heterocycles. The Bertz CT molecular complexity index is 919. The van der Waals surface area contributed by atoms with Crippen LogP contribution in [-0.2, 0) is 24.1 Å². The lowest BCUT2D eigenvalue weighted by molar-refractivity contribution is -0.386. The minimum absolute atomic E-state index is 0.0228. The highest BCUT2D eigenvalue weighted by molar-refractivity contribution is 5.77. The lowest BCUT2D eigenvalue weighted by atomic mass is 10.1. The number of hydrogen-bond acceptors (Lipinski definition) is 4. The van der Waals surface area contributed by atoms with E-state index in [1.54, 1.807) is 0 Å². The smallest absolute Gasteiger partial charge is 0.334 e.